The third-order valence-corrected chi connectivity index (χ3v) is 4.16. The Bertz CT molecular complexity index is 164. The Labute approximate surface area is 98.5 Å². The van der Waals surface area contributed by atoms with Gasteiger partial charge in [-0.2, -0.15) is 11.8 Å². The molecule has 1 heterocycles. The third-order valence-electron chi connectivity index (χ3n) is 2.79. The predicted molar refractivity (Wildman–Crippen MR) is 68.6 cm³/mol. The molecule has 0 aromatic rings. The van der Waals surface area contributed by atoms with Crippen molar-refractivity contribution in [3.8, 4) is 0 Å². The number of thioether (sulfide) groups is 1. The summed E-state index contributed by atoms with van der Waals surface area (Å²) >= 11 is 2.10. The van der Waals surface area contributed by atoms with E-state index in [1.54, 1.807) is 0 Å². The summed E-state index contributed by atoms with van der Waals surface area (Å²) in [6, 6.07) is 0.725. The summed E-state index contributed by atoms with van der Waals surface area (Å²) in [6.45, 7) is 8.51. The lowest BCUT2D eigenvalue weighted by molar-refractivity contribution is 0.0766. The molecule has 2 unspecified atom stereocenters. The van der Waals surface area contributed by atoms with Crippen molar-refractivity contribution in [3.05, 3.63) is 0 Å². The van der Waals surface area contributed by atoms with E-state index in [0.29, 0.717) is 6.10 Å². The number of ether oxygens (including phenoxy) is 1. The smallest absolute Gasteiger partial charge is 0.0518 e. The van der Waals surface area contributed by atoms with Crippen LogP contribution in [-0.2, 0) is 4.74 Å². The molecule has 1 N–H and O–H groups in total. The minimum atomic E-state index is 0.370. The van der Waals surface area contributed by atoms with Crippen LogP contribution in [0.3, 0.4) is 0 Å². The third kappa shape index (κ3) is 5.79. The molecule has 0 aromatic carbocycles. The molecular formula is C12H25NOS. The molecule has 15 heavy (non-hydrogen) atoms. The summed E-state index contributed by atoms with van der Waals surface area (Å²) in [5.74, 6) is 1.34. The van der Waals surface area contributed by atoms with E-state index in [1.165, 1.54) is 18.6 Å². The van der Waals surface area contributed by atoms with Gasteiger partial charge in [-0.15, -0.1) is 0 Å². The molecule has 0 radical (unpaired) electrons. The van der Waals surface area contributed by atoms with Crippen molar-refractivity contribution in [3.63, 3.8) is 0 Å². The highest BCUT2D eigenvalue weighted by atomic mass is 32.2. The second kappa shape index (κ2) is 7.53. The second-order valence-corrected chi connectivity index (χ2v) is 6.04. The lowest BCUT2D eigenvalue weighted by atomic mass is 10.1. The van der Waals surface area contributed by atoms with Crippen LogP contribution in [0.1, 0.15) is 40.0 Å². The first kappa shape index (κ1) is 13.3. The molecule has 1 aliphatic heterocycles. The molecular weight excluding hydrogens is 206 g/mol. The fraction of sp³-hybridized carbons (Fsp3) is 1.00. The molecule has 0 aliphatic carbocycles. The van der Waals surface area contributed by atoms with Gasteiger partial charge in [0.05, 0.1) is 6.10 Å². The van der Waals surface area contributed by atoms with Gasteiger partial charge in [0.1, 0.15) is 0 Å². The van der Waals surface area contributed by atoms with Gasteiger partial charge in [-0.3, -0.25) is 0 Å². The van der Waals surface area contributed by atoms with Crippen LogP contribution in [0.5, 0.6) is 0 Å². The molecule has 0 bridgehead atoms. The Morgan fingerprint density at radius 2 is 2.27 bits per heavy atom. The van der Waals surface area contributed by atoms with Crippen molar-refractivity contribution in [1.82, 2.24) is 5.32 Å². The molecule has 2 nitrogen and oxygen atoms in total. The molecule has 0 spiro atoms. The van der Waals surface area contributed by atoms with Crippen molar-refractivity contribution in [2.45, 2.75) is 57.4 Å². The van der Waals surface area contributed by atoms with E-state index >= 15 is 0 Å². The highest BCUT2D eigenvalue weighted by molar-refractivity contribution is 7.99. The molecule has 1 fully saturated rings. The van der Waals surface area contributed by atoms with E-state index < -0.39 is 0 Å². The summed E-state index contributed by atoms with van der Waals surface area (Å²) in [5.41, 5.74) is 0. The van der Waals surface area contributed by atoms with E-state index in [0.717, 1.165) is 30.9 Å². The van der Waals surface area contributed by atoms with Gasteiger partial charge in [0.25, 0.3) is 0 Å². The fourth-order valence-electron chi connectivity index (χ4n) is 1.87. The summed E-state index contributed by atoms with van der Waals surface area (Å²) in [7, 11) is 0. The molecule has 0 amide bonds. The second-order valence-electron chi connectivity index (χ2n) is 4.55. The van der Waals surface area contributed by atoms with E-state index in [-0.39, 0.29) is 0 Å². The van der Waals surface area contributed by atoms with Gasteiger partial charge in [0, 0.05) is 17.9 Å². The monoisotopic (exact) mass is 231 g/mol. The number of rotatable bonds is 6. The maximum Gasteiger partial charge on any atom is 0.0518 e. The van der Waals surface area contributed by atoms with Crippen LogP contribution in [0, 0.1) is 0 Å². The van der Waals surface area contributed by atoms with Gasteiger partial charge in [-0.25, -0.2) is 0 Å². The Morgan fingerprint density at radius 1 is 1.47 bits per heavy atom. The predicted octanol–water partition coefficient (Wildman–Crippen LogP) is 2.68. The van der Waals surface area contributed by atoms with Gasteiger partial charge < -0.3 is 10.1 Å². The molecule has 0 aromatic heterocycles. The zero-order valence-electron chi connectivity index (χ0n) is 10.3. The highest BCUT2D eigenvalue weighted by Crippen LogP contribution is 2.24. The first-order valence-electron chi connectivity index (χ1n) is 6.16. The van der Waals surface area contributed by atoms with E-state index in [9.17, 15) is 0 Å². The SMILES string of the molecule is CC(C)OCCCNC1CCCSC1C. The highest BCUT2D eigenvalue weighted by Gasteiger charge is 2.20. The molecule has 0 saturated carbocycles. The molecule has 1 rings (SSSR count). The summed E-state index contributed by atoms with van der Waals surface area (Å²) in [6.07, 6.45) is 4.22. The summed E-state index contributed by atoms with van der Waals surface area (Å²) < 4.78 is 5.51. The van der Waals surface area contributed by atoms with Gasteiger partial charge in [0.15, 0.2) is 0 Å². The van der Waals surface area contributed by atoms with Gasteiger partial charge in [-0.1, -0.05) is 6.92 Å². The largest absolute Gasteiger partial charge is 0.379 e. The van der Waals surface area contributed by atoms with Gasteiger partial charge in [0.2, 0.25) is 0 Å². The Morgan fingerprint density at radius 3 is 2.93 bits per heavy atom. The lowest BCUT2D eigenvalue weighted by Gasteiger charge is -2.29. The van der Waals surface area contributed by atoms with Crippen molar-refractivity contribution in [2.75, 3.05) is 18.9 Å². The van der Waals surface area contributed by atoms with Crippen LogP contribution in [0.2, 0.25) is 0 Å². The molecule has 90 valence electrons. The molecule has 1 saturated heterocycles. The van der Waals surface area contributed by atoms with Crippen molar-refractivity contribution in [2.24, 2.45) is 0 Å². The van der Waals surface area contributed by atoms with Crippen LogP contribution in [-0.4, -0.2) is 36.3 Å². The standard InChI is InChI=1S/C12H25NOS/c1-10(2)14-8-5-7-13-12-6-4-9-15-11(12)3/h10-13H,4-9H2,1-3H3. The average Bonchev–Trinajstić information content (AvgIpc) is 2.20. The Balaban J connectivity index is 1.99. The van der Waals surface area contributed by atoms with Crippen LogP contribution < -0.4 is 5.32 Å². The normalized spacial score (nSPS) is 27.2. The first-order chi connectivity index (χ1) is 7.20. The number of hydrogen-bond acceptors (Lipinski definition) is 3. The summed E-state index contributed by atoms with van der Waals surface area (Å²) in [5, 5.41) is 4.43. The van der Waals surface area contributed by atoms with E-state index in [1.807, 2.05) is 0 Å². The maximum atomic E-state index is 5.51. The van der Waals surface area contributed by atoms with Gasteiger partial charge in [-0.05, 0) is 45.4 Å². The van der Waals surface area contributed by atoms with Crippen molar-refractivity contribution >= 4 is 11.8 Å². The Kier molecular flexibility index (Phi) is 6.69. The minimum Gasteiger partial charge on any atom is -0.379 e. The number of nitrogens with one attached hydrogen (secondary N) is 1. The number of hydrogen-bond donors (Lipinski definition) is 1. The zero-order valence-corrected chi connectivity index (χ0v) is 11.1. The van der Waals surface area contributed by atoms with Crippen molar-refractivity contribution < 1.29 is 4.74 Å². The molecule has 2 atom stereocenters. The summed E-state index contributed by atoms with van der Waals surface area (Å²) in [4.78, 5) is 0. The van der Waals surface area contributed by atoms with Crippen molar-refractivity contribution in [1.29, 1.82) is 0 Å². The molecule has 3 heteroatoms. The van der Waals surface area contributed by atoms with E-state index in [2.05, 4.69) is 37.8 Å². The first-order valence-corrected chi connectivity index (χ1v) is 7.21. The van der Waals surface area contributed by atoms with Gasteiger partial charge >= 0.3 is 0 Å². The Hall–Kier alpha value is 0.270. The zero-order chi connectivity index (χ0) is 11.1. The fourth-order valence-corrected chi connectivity index (χ4v) is 3.04. The maximum absolute atomic E-state index is 5.51. The topological polar surface area (TPSA) is 21.3 Å². The van der Waals surface area contributed by atoms with Crippen LogP contribution >= 0.6 is 11.8 Å². The quantitative estimate of drug-likeness (QED) is 0.710. The van der Waals surface area contributed by atoms with E-state index in [4.69, 9.17) is 4.74 Å². The minimum absolute atomic E-state index is 0.370. The average molecular weight is 231 g/mol. The van der Waals surface area contributed by atoms with Crippen LogP contribution in [0.4, 0.5) is 0 Å². The molecule has 1 aliphatic rings. The lowest BCUT2D eigenvalue weighted by Crippen LogP contribution is -2.40. The van der Waals surface area contributed by atoms with Crippen LogP contribution in [0.15, 0.2) is 0 Å². The van der Waals surface area contributed by atoms with Crippen LogP contribution in [0.25, 0.3) is 0 Å².